The van der Waals surface area contributed by atoms with Crippen molar-refractivity contribution in [2.24, 2.45) is 0 Å². The highest BCUT2D eigenvalue weighted by Gasteiger charge is 2.20. The first-order valence-corrected chi connectivity index (χ1v) is 7.97. The molecule has 1 atom stereocenters. The predicted octanol–water partition coefficient (Wildman–Crippen LogP) is 4.06. The fourth-order valence-corrected chi connectivity index (χ4v) is 3.07. The number of aromatic nitrogens is 2. The summed E-state index contributed by atoms with van der Waals surface area (Å²) in [5, 5.41) is 3.61. The Hall–Kier alpha value is -1.13. The topological polar surface area (TPSA) is 29.9 Å². The van der Waals surface area contributed by atoms with Crippen molar-refractivity contribution in [1.82, 2.24) is 14.9 Å². The Balaban J connectivity index is 2.41. The van der Waals surface area contributed by atoms with Crippen LogP contribution in [-0.4, -0.2) is 16.1 Å². The normalized spacial score (nSPS) is 12.6. The van der Waals surface area contributed by atoms with Gasteiger partial charge in [-0.3, -0.25) is 0 Å². The van der Waals surface area contributed by atoms with Crippen molar-refractivity contribution in [1.29, 1.82) is 0 Å². The molecule has 4 heteroatoms. The lowest BCUT2D eigenvalue weighted by Crippen LogP contribution is -2.26. The van der Waals surface area contributed by atoms with Crippen LogP contribution in [-0.2, 0) is 6.54 Å². The van der Waals surface area contributed by atoms with Crippen molar-refractivity contribution in [3.63, 3.8) is 0 Å². The first-order valence-electron chi connectivity index (χ1n) is 7.17. The average molecular weight is 336 g/mol. The monoisotopic (exact) mass is 335 g/mol. The van der Waals surface area contributed by atoms with Crippen molar-refractivity contribution in [2.75, 3.05) is 6.54 Å². The molecule has 0 fully saturated rings. The van der Waals surface area contributed by atoms with E-state index in [1.165, 1.54) is 11.1 Å². The Morgan fingerprint density at radius 3 is 2.80 bits per heavy atom. The highest BCUT2D eigenvalue weighted by atomic mass is 79.9. The van der Waals surface area contributed by atoms with Gasteiger partial charge in [0.25, 0.3) is 0 Å². The molecule has 2 rings (SSSR count). The molecule has 1 unspecified atom stereocenters. The van der Waals surface area contributed by atoms with Gasteiger partial charge in [-0.1, -0.05) is 35.0 Å². The lowest BCUT2D eigenvalue weighted by atomic mass is 10.0. The zero-order chi connectivity index (χ0) is 14.5. The molecular weight excluding hydrogens is 314 g/mol. The third kappa shape index (κ3) is 3.30. The Morgan fingerprint density at radius 2 is 2.15 bits per heavy atom. The van der Waals surface area contributed by atoms with Crippen LogP contribution in [0.15, 0.2) is 35.1 Å². The molecular formula is C16H22BrN3. The molecule has 20 heavy (non-hydrogen) atoms. The van der Waals surface area contributed by atoms with Crippen LogP contribution in [0.1, 0.15) is 43.3 Å². The number of hydrogen-bond donors (Lipinski definition) is 1. The SMILES string of the molecule is CCCNC(c1ccc(C)cc1Br)c1nccn1CC. The molecule has 2 aromatic rings. The highest BCUT2D eigenvalue weighted by molar-refractivity contribution is 9.10. The Bertz CT molecular complexity index is 563. The first kappa shape index (κ1) is 15.3. The number of benzene rings is 1. The van der Waals surface area contributed by atoms with E-state index in [9.17, 15) is 0 Å². The second-order valence-electron chi connectivity index (χ2n) is 4.98. The minimum Gasteiger partial charge on any atom is -0.334 e. The van der Waals surface area contributed by atoms with Crippen LogP contribution in [0.2, 0.25) is 0 Å². The molecule has 1 aromatic carbocycles. The summed E-state index contributed by atoms with van der Waals surface area (Å²) >= 11 is 3.69. The molecule has 1 aromatic heterocycles. The second-order valence-corrected chi connectivity index (χ2v) is 5.84. The number of halogens is 1. The molecule has 1 heterocycles. The quantitative estimate of drug-likeness (QED) is 0.862. The van der Waals surface area contributed by atoms with E-state index < -0.39 is 0 Å². The summed E-state index contributed by atoms with van der Waals surface area (Å²) in [5.74, 6) is 1.07. The molecule has 0 radical (unpaired) electrons. The van der Waals surface area contributed by atoms with Gasteiger partial charge < -0.3 is 9.88 Å². The van der Waals surface area contributed by atoms with Crippen LogP contribution in [0.5, 0.6) is 0 Å². The number of nitrogens with one attached hydrogen (secondary N) is 1. The maximum Gasteiger partial charge on any atom is 0.130 e. The second kappa shape index (κ2) is 7.04. The lowest BCUT2D eigenvalue weighted by molar-refractivity contribution is 0.540. The van der Waals surface area contributed by atoms with Crippen molar-refractivity contribution >= 4 is 15.9 Å². The fraction of sp³-hybridized carbons (Fsp3) is 0.438. The molecule has 0 amide bonds. The fourth-order valence-electron chi connectivity index (χ4n) is 2.34. The summed E-state index contributed by atoms with van der Waals surface area (Å²) in [6.07, 6.45) is 5.02. The Morgan fingerprint density at radius 1 is 1.35 bits per heavy atom. The van der Waals surface area contributed by atoms with Crippen LogP contribution < -0.4 is 5.32 Å². The smallest absolute Gasteiger partial charge is 0.130 e. The summed E-state index contributed by atoms with van der Waals surface area (Å²) in [7, 11) is 0. The van der Waals surface area contributed by atoms with Gasteiger partial charge in [0, 0.05) is 23.4 Å². The van der Waals surface area contributed by atoms with Crippen molar-refractivity contribution in [3.05, 3.63) is 52.0 Å². The minimum absolute atomic E-state index is 0.125. The highest BCUT2D eigenvalue weighted by Crippen LogP contribution is 2.28. The van der Waals surface area contributed by atoms with Crippen molar-refractivity contribution < 1.29 is 0 Å². The first-order chi connectivity index (χ1) is 9.67. The van der Waals surface area contributed by atoms with E-state index in [4.69, 9.17) is 0 Å². The van der Waals surface area contributed by atoms with Crippen molar-refractivity contribution in [3.8, 4) is 0 Å². The van der Waals surface area contributed by atoms with Gasteiger partial charge in [0.15, 0.2) is 0 Å². The third-order valence-electron chi connectivity index (χ3n) is 3.41. The van der Waals surface area contributed by atoms with Gasteiger partial charge in [-0.2, -0.15) is 0 Å². The molecule has 0 aliphatic rings. The maximum atomic E-state index is 4.56. The molecule has 3 nitrogen and oxygen atoms in total. The largest absolute Gasteiger partial charge is 0.334 e. The van der Waals surface area contributed by atoms with Gasteiger partial charge in [0.1, 0.15) is 5.82 Å². The summed E-state index contributed by atoms with van der Waals surface area (Å²) in [6.45, 7) is 8.34. The van der Waals surface area contributed by atoms with E-state index in [0.717, 1.165) is 29.8 Å². The molecule has 0 aliphatic heterocycles. The summed E-state index contributed by atoms with van der Waals surface area (Å²) in [4.78, 5) is 4.56. The molecule has 0 aliphatic carbocycles. The molecule has 0 saturated carbocycles. The van der Waals surface area contributed by atoms with Gasteiger partial charge in [-0.05, 0) is 44.0 Å². The molecule has 108 valence electrons. The number of aryl methyl sites for hydroxylation is 2. The Kier molecular flexibility index (Phi) is 5.38. The van der Waals surface area contributed by atoms with Gasteiger partial charge in [-0.25, -0.2) is 4.98 Å². The van der Waals surface area contributed by atoms with Crippen LogP contribution in [0, 0.1) is 6.92 Å². The summed E-state index contributed by atoms with van der Waals surface area (Å²) in [6, 6.07) is 6.62. The van der Waals surface area contributed by atoms with E-state index in [-0.39, 0.29) is 6.04 Å². The van der Waals surface area contributed by atoms with Crippen LogP contribution in [0.25, 0.3) is 0 Å². The zero-order valence-corrected chi connectivity index (χ0v) is 13.9. The number of nitrogens with zero attached hydrogens (tertiary/aromatic N) is 2. The Labute approximate surface area is 129 Å². The summed E-state index contributed by atoms with van der Waals surface area (Å²) in [5.41, 5.74) is 2.50. The van der Waals surface area contributed by atoms with Gasteiger partial charge in [0.05, 0.1) is 6.04 Å². The van der Waals surface area contributed by atoms with Crippen LogP contribution in [0.3, 0.4) is 0 Å². The molecule has 0 bridgehead atoms. The summed E-state index contributed by atoms with van der Waals surface area (Å²) < 4.78 is 3.33. The van der Waals surface area contributed by atoms with Crippen LogP contribution >= 0.6 is 15.9 Å². The third-order valence-corrected chi connectivity index (χ3v) is 4.10. The minimum atomic E-state index is 0.125. The number of imidazole rings is 1. The van der Waals surface area contributed by atoms with E-state index in [1.54, 1.807) is 0 Å². The molecule has 1 N–H and O–H groups in total. The average Bonchev–Trinajstić information content (AvgIpc) is 2.89. The lowest BCUT2D eigenvalue weighted by Gasteiger charge is -2.21. The maximum absolute atomic E-state index is 4.56. The van der Waals surface area contributed by atoms with Gasteiger partial charge in [0.2, 0.25) is 0 Å². The van der Waals surface area contributed by atoms with Gasteiger partial charge >= 0.3 is 0 Å². The standard InChI is InChI=1S/C16H22BrN3/c1-4-8-18-15(16-19-9-10-20(16)5-2)13-7-6-12(3)11-14(13)17/h6-7,9-11,15,18H,4-5,8H2,1-3H3. The number of hydrogen-bond acceptors (Lipinski definition) is 2. The van der Waals surface area contributed by atoms with E-state index in [2.05, 4.69) is 69.8 Å². The predicted molar refractivity (Wildman–Crippen MR) is 86.9 cm³/mol. The van der Waals surface area contributed by atoms with Gasteiger partial charge in [-0.15, -0.1) is 0 Å². The van der Waals surface area contributed by atoms with E-state index in [0.29, 0.717) is 0 Å². The molecule has 0 spiro atoms. The number of rotatable bonds is 6. The van der Waals surface area contributed by atoms with Crippen molar-refractivity contribution in [2.45, 2.75) is 39.8 Å². The zero-order valence-electron chi connectivity index (χ0n) is 12.4. The van der Waals surface area contributed by atoms with Crippen LogP contribution in [0.4, 0.5) is 0 Å². The van der Waals surface area contributed by atoms with E-state index in [1.807, 2.05) is 12.4 Å². The molecule has 0 saturated heterocycles. The van der Waals surface area contributed by atoms with E-state index >= 15 is 0 Å².